The second-order valence-electron chi connectivity index (χ2n) is 16.4. The van der Waals surface area contributed by atoms with E-state index in [4.69, 9.17) is 9.15 Å². The number of rotatable bonds is 1. The molecular weight excluding hydrogens is 502 g/mol. The molecule has 7 rings (SSSR count). The number of aryl methyl sites for hydroxylation is 1. The molecule has 5 aliphatic carbocycles. The number of ketones is 1. The fraction of sp³-hybridized carbons (Fsp3) is 0.818. The van der Waals surface area contributed by atoms with Crippen LogP contribution in [0.1, 0.15) is 105 Å². The van der Waals surface area contributed by atoms with Crippen molar-refractivity contribution in [2.45, 2.75) is 124 Å². The van der Waals surface area contributed by atoms with Gasteiger partial charge in [0.1, 0.15) is 18.3 Å². The van der Waals surface area contributed by atoms with Crippen LogP contribution in [0.3, 0.4) is 0 Å². The Morgan fingerprint density at radius 2 is 1.73 bits per heavy atom. The lowest BCUT2D eigenvalue weighted by atomic mass is 9.33. The van der Waals surface area contributed by atoms with Gasteiger partial charge in [-0.1, -0.05) is 54.0 Å². The van der Waals surface area contributed by atoms with Gasteiger partial charge in [0.25, 0.3) is 0 Å². The number of aliphatic hydroxyl groups is 1. The number of aliphatic hydroxyl groups excluding tert-OH is 1. The van der Waals surface area contributed by atoms with Gasteiger partial charge in [0, 0.05) is 18.3 Å². The largest absolute Gasteiger partial charge is 0.425 e. The van der Waals surface area contributed by atoms with Crippen molar-refractivity contribution in [2.75, 3.05) is 0 Å². The van der Waals surface area contributed by atoms with E-state index >= 15 is 0 Å². The highest BCUT2D eigenvalue weighted by Gasteiger charge is 2.82. The van der Waals surface area contributed by atoms with Gasteiger partial charge in [-0.25, -0.2) is 0 Å². The SMILES string of the molecule is Cc1nnc([C@]23CCC(C)(C)CC2C2C(=O)C=C4[C@@]5(C)[C@H]6O[C@@]6(C#N)C(O)C(C)(C)[C@@H]5CC[C@@]4(C)[C@]2(C)CC3)o1. The first-order chi connectivity index (χ1) is 18.5. The Labute approximate surface area is 238 Å². The molecule has 4 saturated carbocycles. The highest BCUT2D eigenvalue weighted by Crippen LogP contribution is 2.78. The first-order valence-corrected chi connectivity index (χ1v) is 15.4. The van der Waals surface area contributed by atoms with Gasteiger partial charge in [-0.2, -0.15) is 5.26 Å². The molecule has 1 aromatic heterocycles. The van der Waals surface area contributed by atoms with Crippen LogP contribution in [-0.4, -0.2) is 38.9 Å². The molecule has 1 N–H and O–H groups in total. The molecule has 40 heavy (non-hydrogen) atoms. The van der Waals surface area contributed by atoms with Crippen LogP contribution < -0.4 is 0 Å². The maximum absolute atomic E-state index is 14.7. The summed E-state index contributed by atoms with van der Waals surface area (Å²) in [5, 5.41) is 30.4. The van der Waals surface area contributed by atoms with E-state index in [1.165, 1.54) is 5.57 Å². The summed E-state index contributed by atoms with van der Waals surface area (Å²) in [5.74, 6) is 1.64. The summed E-state index contributed by atoms with van der Waals surface area (Å²) in [7, 11) is 0. The third kappa shape index (κ3) is 2.81. The fourth-order valence-corrected chi connectivity index (χ4v) is 11.6. The van der Waals surface area contributed by atoms with E-state index in [-0.39, 0.29) is 45.2 Å². The molecule has 0 amide bonds. The minimum absolute atomic E-state index is 0.119. The van der Waals surface area contributed by atoms with Gasteiger partial charge in [-0.15, -0.1) is 10.2 Å². The number of aromatic nitrogens is 2. The van der Waals surface area contributed by atoms with Crippen LogP contribution in [-0.2, 0) is 14.9 Å². The fourth-order valence-electron chi connectivity index (χ4n) is 11.6. The van der Waals surface area contributed by atoms with Gasteiger partial charge < -0.3 is 14.3 Å². The second kappa shape index (κ2) is 7.48. The second-order valence-corrected chi connectivity index (χ2v) is 16.4. The summed E-state index contributed by atoms with van der Waals surface area (Å²) in [6, 6.07) is 2.37. The van der Waals surface area contributed by atoms with Gasteiger partial charge in [0.2, 0.25) is 17.4 Å². The summed E-state index contributed by atoms with van der Waals surface area (Å²) in [4.78, 5) is 14.7. The zero-order valence-electron chi connectivity index (χ0n) is 25.4. The summed E-state index contributed by atoms with van der Waals surface area (Å²) in [5.41, 5.74) is -1.63. The lowest BCUT2D eigenvalue weighted by Gasteiger charge is -2.69. The minimum atomic E-state index is -1.19. The number of carbonyl (C=O) groups is 1. The van der Waals surface area contributed by atoms with Crippen LogP contribution in [0.4, 0.5) is 0 Å². The van der Waals surface area contributed by atoms with Crippen molar-refractivity contribution in [3.8, 4) is 6.07 Å². The highest BCUT2D eigenvalue weighted by atomic mass is 16.6. The quantitative estimate of drug-likeness (QED) is 0.439. The minimum Gasteiger partial charge on any atom is -0.425 e. The van der Waals surface area contributed by atoms with E-state index < -0.39 is 28.6 Å². The van der Waals surface area contributed by atoms with Gasteiger partial charge in [-0.05, 0) is 84.5 Å². The molecule has 1 aromatic rings. The molecule has 0 spiro atoms. The highest BCUT2D eigenvalue weighted by molar-refractivity contribution is 5.95. The Morgan fingerprint density at radius 3 is 2.38 bits per heavy atom. The molecular formula is C33H45N3O4. The summed E-state index contributed by atoms with van der Waals surface area (Å²) in [6.45, 7) is 17.7. The number of epoxide rings is 1. The molecule has 3 unspecified atom stereocenters. The average Bonchev–Trinajstić information content (AvgIpc) is 3.50. The third-order valence-electron chi connectivity index (χ3n) is 13.9. The first-order valence-electron chi connectivity index (χ1n) is 15.4. The number of fused-ring (bicyclic) bond motifs is 9. The Bertz CT molecular complexity index is 1390. The maximum Gasteiger partial charge on any atom is 0.222 e. The Morgan fingerprint density at radius 1 is 1.02 bits per heavy atom. The van der Waals surface area contributed by atoms with Crippen molar-refractivity contribution in [1.82, 2.24) is 10.2 Å². The van der Waals surface area contributed by atoms with Crippen molar-refractivity contribution in [1.29, 1.82) is 5.26 Å². The lowest BCUT2D eigenvalue weighted by molar-refractivity contribution is -0.169. The van der Waals surface area contributed by atoms with Crippen molar-refractivity contribution in [2.24, 2.45) is 44.8 Å². The number of nitriles is 1. The van der Waals surface area contributed by atoms with E-state index in [0.29, 0.717) is 5.89 Å². The van der Waals surface area contributed by atoms with Crippen molar-refractivity contribution in [3.05, 3.63) is 23.4 Å². The molecule has 1 aliphatic heterocycles. The smallest absolute Gasteiger partial charge is 0.222 e. The topological polar surface area (TPSA) is 113 Å². The van der Waals surface area contributed by atoms with Gasteiger partial charge in [0.15, 0.2) is 5.78 Å². The zero-order valence-corrected chi connectivity index (χ0v) is 25.4. The Hall–Kier alpha value is -2.04. The molecule has 7 heteroatoms. The molecule has 216 valence electrons. The van der Waals surface area contributed by atoms with E-state index in [9.17, 15) is 15.2 Å². The normalized spacial score (nSPS) is 51.6. The molecule has 7 nitrogen and oxygen atoms in total. The number of nitrogens with zero attached hydrogens (tertiary/aromatic N) is 3. The van der Waals surface area contributed by atoms with Crippen LogP contribution in [0.2, 0.25) is 0 Å². The molecule has 5 fully saturated rings. The molecule has 2 heterocycles. The summed E-state index contributed by atoms with van der Waals surface area (Å²) >= 11 is 0. The zero-order chi connectivity index (χ0) is 28.9. The van der Waals surface area contributed by atoms with Crippen LogP contribution in [0.15, 0.2) is 16.1 Å². The molecule has 0 bridgehead atoms. The average molecular weight is 548 g/mol. The van der Waals surface area contributed by atoms with Crippen LogP contribution in [0, 0.1) is 63.1 Å². The van der Waals surface area contributed by atoms with E-state index in [0.717, 1.165) is 50.8 Å². The van der Waals surface area contributed by atoms with Gasteiger partial charge in [-0.3, -0.25) is 4.79 Å². The van der Waals surface area contributed by atoms with Crippen molar-refractivity contribution < 1.29 is 19.1 Å². The maximum atomic E-state index is 14.7. The molecule has 0 radical (unpaired) electrons. The van der Waals surface area contributed by atoms with Crippen LogP contribution >= 0.6 is 0 Å². The van der Waals surface area contributed by atoms with Crippen LogP contribution in [0.25, 0.3) is 0 Å². The number of allylic oxidation sites excluding steroid dienone is 1. The molecule has 10 atom stereocenters. The van der Waals surface area contributed by atoms with Crippen molar-refractivity contribution in [3.63, 3.8) is 0 Å². The summed E-state index contributed by atoms with van der Waals surface area (Å²) in [6.07, 6.45) is 7.50. The number of hydrogen-bond acceptors (Lipinski definition) is 7. The van der Waals surface area contributed by atoms with Crippen molar-refractivity contribution >= 4 is 5.78 Å². The first kappa shape index (κ1) is 26.8. The molecule has 6 aliphatic rings. The monoisotopic (exact) mass is 547 g/mol. The summed E-state index contributed by atoms with van der Waals surface area (Å²) < 4.78 is 12.4. The lowest BCUT2D eigenvalue weighted by Crippen LogP contribution is -2.68. The molecule has 1 saturated heterocycles. The predicted molar refractivity (Wildman–Crippen MR) is 148 cm³/mol. The Balaban J connectivity index is 1.39. The van der Waals surface area contributed by atoms with Gasteiger partial charge in [0.05, 0.1) is 5.41 Å². The van der Waals surface area contributed by atoms with Crippen LogP contribution in [0.5, 0.6) is 0 Å². The van der Waals surface area contributed by atoms with E-state index in [1.807, 2.05) is 13.0 Å². The Kier molecular flexibility index (Phi) is 5.01. The molecule has 0 aromatic carbocycles. The number of hydrogen-bond donors (Lipinski definition) is 1. The van der Waals surface area contributed by atoms with E-state index in [2.05, 4.69) is 64.7 Å². The predicted octanol–water partition coefficient (Wildman–Crippen LogP) is 5.85. The third-order valence-corrected chi connectivity index (χ3v) is 13.9. The van der Waals surface area contributed by atoms with Gasteiger partial charge >= 0.3 is 0 Å². The van der Waals surface area contributed by atoms with E-state index in [1.54, 1.807) is 0 Å². The standard InChI is InChI=1S/C33H45N3O4/c1-18-35-36-26(39-18)32-13-11-27(2,3)16-19(32)23-20(37)15-22-29(6,30(23,7)12-14-32)10-9-21-28(4,5)24(38)33(17-34)25(40-33)31(21,22)8/h15,19,21,23-25,38H,9-14,16H2,1-8H3/t19?,21-,23?,24?,25+,29+,30+,31-,32-,33-/m0/s1. The number of carbonyl (C=O) groups excluding carboxylic acids is 1. The number of ether oxygens (including phenoxy) is 1.